The molecule has 0 saturated carbocycles. The summed E-state index contributed by atoms with van der Waals surface area (Å²) in [7, 11) is 0. The first-order chi connectivity index (χ1) is 9.29. The minimum absolute atomic E-state index is 0.468. The van der Waals surface area contributed by atoms with Crippen LogP contribution in [0.25, 0.3) is 0 Å². The minimum Gasteiger partial charge on any atom is -0.365 e. The van der Waals surface area contributed by atoms with E-state index in [1.165, 1.54) is 0 Å². The quantitative estimate of drug-likeness (QED) is 0.807. The van der Waals surface area contributed by atoms with Crippen molar-refractivity contribution in [3.05, 3.63) is 41.1 Å². The Hall–Kier alpha value is -1.66. The Morgan fingerprint density at radius 3 is 2.53 bits per heavy atom. The van der Waals surface area contributed by atoms with E-state index in [0.29, 0.717) is 6.04 Å². The first-order valence-electron chi connectivity index (χ1n) is 6.11. The van der Waals surface area contributed by atoms with Crippen molar-refractivity contribution < 1.29 is 0 Å². The summed E-state index contributed by atoms with van der Waals surface area (Å²) in [6.45, 7) is 1.97. The summed E-state index contributed by atoms with van der Waals surface area (Å²) >= 11 is 3.41. The summed E-state index contributed by atoms with van der Waals surface area (Å²) in [5.74, 6) is 1.63. The van der Waals surface area contributed by atoms with E-state index < -0.39 is 0 Å². The second-order valence-electron chi connectivity index (χ2n) is 4.42. The van der Waals surface area contributed by atoms with E-state index in [1.807, 2.05) is 30.3 Å². The number of anilines is 3. The van der Waals surface area contributed by atoms with Gasteiger partial charge in [-0.1, -0.05) is 15.9 Å². The minimum atomic E-state index is 0.468. The first kappa shape index (κ1) is 12.4. The van der Waals surface area contributed by atoms with Crippen LogP contribution >= 0.6 is 15.9 Å². The highest BCUT2D eigenvalue weighted by molar-refractivity contribution is 9.10. The Labute approximate surface area is 120 Å². The average molecular weight is 320 g/mol. The van der Waals surface area contributed by atoms with E-state index in [9.17, 15) is 0 Å². The molecule has 0 bridgehead atoms. The maximum Gasteiger partial charge on any atom is 0.135 e. The smallest absolute Gasteiger partial charge is 0.135 e. The van der Waals surface area contributed by atoms with Gasteiger partial charge in [-0.3, -0.25) is 0 Å². The molecular weight excluding hydrogens is 306 g/mol. The van der Waals surface area contributed by atoms with Crippen LogP contribution in [0.3, 0.4) is 0 Å². The third-order valence-corrected chi connectivity index (χ3v) is 3.45. The molecule has 3 N–H and O–H groups in total. The van der Waals surface area contributed by atoms with Gasteiger partial charge in [-0.15, -0.1) is 0 Å². The third-order valence-electron chi connectivity index (χ3n) is 2.92. The average Bonchev–Trinajstić information content (AvgIpc) is 2.37. The van der Waals surface area contributed by atoms with E-state index in [2.05, 4.69) is 41.8 Å². The predicted molar refractivity (Wildman–Crippen MR) is 79.7 cm³/mol. The molecule has 5 nitrogen and oxygen atoms in total. The molecule has 3 rings (SSSR count). The third kappa shape index (κ3) is 3.21. The van der Waals surface area contributed by atoms with E-state index in [0.717, 1.165) is 34.9 Å². The highest BCUT2D eigenvalue weighted by atomic mass is 79.9. The molecule has 2 heterocycles. The fraction of sp³-hybridized carbons (Fsp3) is 0.231. The molecule has 0 aliphatic carbocycles. The van der Waals surface area contributed by atoms with Crippen LogP contribution in [0, 0.1) is 0 Å². The summed E-state index contributed by atoms with van der Waals surface area (Å²) in [4.78, 5) is 8.44. The highest BCUT2D eigenvalue weighted by Crippen LogP contribution is 2.19. The van der Waals surface area contributed by atoms with Crippen molar-refractivity contribution in [1.82, 2.24) is 15.3 Å². The molecule has 1 aliphatic heterocycles. The molecular formula is C13H14BrN5. The van der Waals surface area contributed by atoms with Gasteiger partial charge in [0.2, 0.25) is 0 Å². The monoisotopic (exact) mass is 319 g/mol. The van der Waals surface area contributed by atoms with E-state index in [1.54, 1.807) is 6.33 Å². The van der Waals surface area contributed by atoms with Crippen molar-refractivity contribution >= 4 is 33.3 Å². The zero-order chi connectivity index (χ0) is 13.1. The van der Waals surface area contributed by atoms with Gasteiger partial charge in [-0.05, 0) is 24.3 Å². The first-order valence-corrected chi connectivity index (χ1v) is 6.91. The van der Waals surface area contributed by atoms with Crippen molar-refractivity contribution in [2.75, 3.05) is 23.7 Å². The number of hydrogen-bond donors (Lipinski definition) is 3. The number of halogens is 1. The molecule has 1 aliphatic rings. The Kier molecular flexibility index (Phi) is 3.61. The molecule has 1 fully saturated rings. The van der Waals surface area contributed by atoms with Gasteiger partial charge in [0.1, 0.15) is 18.0 Å². The van der Waals surface area contributed by atoms with Crippen LogP contribution in [-0.2, 0) is 0 Å². The maximum atomic E-state index is 4.22. The van der Waals surface area contributed by atoms with Gasteiger partial charge in [0, 0.05) is 29.3 Å². The van der Waals surface area contributed by atoms with Gasteiger partial charge < -0.3 is 16.0 Å². The number of benzene rings is 1. The number of nitrogens with zero attached hydrogens (tertiary/aromatic N) is 2. The van der Waals surface area contributed by atoms with Crippen LogP contribution < -0.4 is 16.0 Å². The molecule has 0 atom stereocenters. The normalized spacial score (nSPS) is 14.8. The molecule has 2 aromatic rings. The number of rotatable bonds is 4. The summed E-state index contributed by atoms with van der Waals surface area (Å²) in [5.41, 5.74) is 0.998. The summed E-state index contributed by atoms with van der Waals surface area (Å²) in [5, 5.41) is 9.82. The van der Waals surface area contributed by atoms with Crippen LogP contribution in [0.5, 0.6) is 0 Å². The molecule has 98 valence electrons. The molecule has 1 aromatic carbocycles. The molecule has 1 aromatic heterocycles. The Morgan fingerprint density at radius 1 is 1.11 bits per heavy atom. The highest BCUT2D eigenvalue weighted by Gasteiger charge is 2.16. The van der Waals surface area contributed by atoms with Crippen molar-refractivity contribution in [2.24, 2.45) is 0 Å². The zero-order valence-electron chi connectivity index (χ0n) is 10.2. The number of hydrogen-bond acceptors (Lipinski definition) is 5. The lowest BCUT2D eigenvalue weighted by atomic mass is 10.2. The molecule has 0 amide bonds. The van der Waals surface area contributed by atoms with Crippen molar-refractivity contribution in [2.45, 2.75) is 6.04 Å². The Balaban J connectivity index is 1.69. The van der Waals surface area contributed by atoms with Crippen LogP contribution in [0.4, 0.5) is 17.3 Å². The Bertz CT molecular complexity index is 553. The summed E-state index contributed by atoms with van der Waals surface area (Å²) < 4.78 is 1.06. The lowest BCUT2D eigenvalue weighted by Crippen LogP contribution is -2.51. The van der Waals surface area contributed by atoms with E-state index in [4.69, 9.17) is 0 Å². The molecule has 0 spiro atoms. The second kappa shape index (κ2) is 5.54. The summed E-state index contributed by atoms with van der Waals surface area (Å²) in [6.07, 6.45) is 1.57. The SMILES string of the molecule is Brc1ccc(Nc2cc(NC3CNC3)ncn2)cc1. The van der Waals surface area contributed by atoms with Crippen LogP contribution in [-0.4, -0.2) is 29.1 Å². The lowest BCUT2D eigenvalue weighted by Gasteiger charge is -2.28. The predicted octanol–water partition coefficient (Wildman–Crippen LogP) is 2.37. The van der Waals surface area contributed by atoms with E-state index >= 15 is 0 Å². The van der Waals surface area contributed by atoms with Gasteiger partial charge in [0.15, 0.2) is 0 Å². The van der Waals surface area contributed by atoms with Crippen LogP contribution in [0.15, 0.2) is 41.1 Å². The molecule has 0 radical (unpaired) electrons. The largest absolute Gasteiger partial charge is 0.365 e. The van der Waals surface area contributed by atoms with Gasteiger partial charge in [-0.25, -0.2) is 9.97 Å². The number of aromatic nitrogens is 2. The lowest BCUT2D eigenvalue weighted by molar-refractivity contribution is 0.471. The van der Waals surface area contributed by atoms with Gasteiger partial charge in [0.25, 0.3) is 0 Å². The molecule has 19 heavy (non-hydrogen) atoms. The van der Waals surface area contributed by atoms with Crippen LogP contribution in [0.2, 0.25) is 0 Å². The van der Waals surface area contributed by atoms with Gasteiger partial charge in [0.05, 0.1) is 6.04 Å². The maximum absolute atomic E-state index is 4.22. The van der Waals surface area contributed by atoms with Crippen LogP contribution in [0.1, 0.15) is 0 Å². The Morgan fingerprint density at radius 2 is 1.84 bits per heavy atom. The van der Waals surface area contributed by atoms with Crippen molar-refractivity contribution in [1.29, 1.82) is 0 Å². The molecule has 6 heteroatoms. The zero-order valence-corrected chi connectivity index (χ0v) is 11.8. The second-order valence-corrected chi connectivity index (χ2v) is 5.34. The topological polar surface area (TPSA) is 61.9 Å². The van der Waals surface area contributed by atoms with Gasteiger partial charge >= 0.3 is 0 Å². The van der Waals surface area contributed by atoms with Crippen molar-refractivity contribution in [3.8, 4) is 0 Å². The summed E-state index contributed by atoms with van der Waals surface area (Å²) in [6, 6.07) is 10.4. The standard InChI is InChI=1S/C13H14BrN5/c14-9-1-3-10(4-2-9)18-12-5-13(17-8-16-12)19-11-6-15-7-11/h1-5,8,11,15H,6-7H2,(H2,16,17,18,19). The molecule has 1 saturated heterocycles. The number of nitrogens with one attached hydrogen (secondary N) is 3. The fourth-order valence-corrected chi connectivity index (χ4v) is 2.05. The van der Waals surface area contributed by atoms with Crippen molar-refractivity contribution in [3.63, 3.8) is 0 Å². The fourth-order valence-electron chi connectivity index (χ4n) is 1.79. The van der Waals surface area contributed by atoms with E-state index in [-0.39, 0.29) is 0 Å². The molecule has 0 unspecified atom stereocenters. The van der Waals surface area contributed by atoms with Gasteiger partial charge in [-0.2, -0.15) is 0 Å².